The summed E-state index contributed by atoms with van der Waals surface area (Å²) in [6.07, 6.45) is 2.82. The van der Waals surface area contributed by atoms with E-state index in [0.717, 1.165) is 35.6 Å². The maximum absolute atomic E-state index is 15.4. The first-order chi connectivity index (χ1) is 19.1. The molecule has 4 rings (SSSR count). The van der Waals surface area contributed by atoms with E-state index in [4.69, 9.17) is 14.2 Å². The lowest BCUT2D eigenvalue weighted by Gasteiger charge is -2.14. The number of rotatable bonds is 9. The molecule has 0 saturated heterocycles. The third-order valence-corrected chi connectivity index (χ3v) is 6.73. The lowest BCUT2D eigenvalue weighted by atomic mass is 9.95. The summed E-state index contributed by atoms with van der Waals surface area (Å²) < 4.78 is 31.5. The van der Waals surface area contributed by atoms with Gasteiger partial charge in [0.1, 0.15) is 5.82 Å². The zero-order valence-electron chi connectivity index (χ0n) is 22.8. The van der Waals surface area contributed by atoms with E-state index in [0.29, 0.717) is 23.3 Å². The molecular weight excluding hydrogens is 511 g/mol. The zero-order chi connectivity index (χ0) is 29.0. The molecule has 0 N–H and O–H groups in total. The number of benzene rings is 3. The lowest BCUT2D eigenvalue weighted by Crippen LogP contribution is -2.16. The minimum absolute atomic E-state index is 0.0576. The highest BCUT2D eigenvalue weighted by molar-refractivity contribution is 5.89. The smallest absolute Gasteiger partial charge is 0.338 e. The molecule has 3 aromatic rings. The van der Waals surface area contributed by atoms with Crippen molar-refractivity contribution in [2.24, 2.45) is 5.92 Å². The SMILES string of the molecule is C=CC(=O)OCC1CCc2cc(-c3ccc(-c4ccc(OC(=O)C(=C)C)c(OC(=O)C(C)C)c4)cc3F)ccc21. The van der Waals surface area contributed by atoms with Gasteiger partial charge in [-0.3, -0.25) is 4.79 Å². The quantitative estimate of drug-likeness (QED) is 0.165. The van der Waals surface area contributed by atoms with Crippen LogP contribution >= 0.6 is 0 Å². The third kappa shape index (κ3) is 6.37. The molecule has 0 aliphatic heterocycles. The molecule has 0 spiro atoms. The van der Waals surface area contributed by atoms with Gasteiger partial charge < -0.3 is 14.2 Å². The zero-order valence-corrected chi connectivity index (χ0v) is 22.8. The van der Waals surface area contributed by atoms with Crippen molar-refractivity contribution in [3.63, 3.8) is 0 Å². The highest BCUT2D eigenvalue weighted by atomic mass is 19.1. The summed E-state index contributed by atoms with van der Waals surface area (Å²) in [6, 6.07) is 15.5. The van der Waals surface area contributed by atoms with Crippen molar-refractivity contribution in [2.45, 2.75) is 39.5 Å². The minimum atomic E-state index is -0.650. The second-order valence-electron chi connectivity index (χ2n) is 10.1. The molecule has 7 heteroatoms. The average Bonchev–Trinajstić information content (AvgIpc) is 3.34. The van der Waals surface area contributed by atoms with E-state index in [-0.39, 0.29) is 23.0 Å². The Labute approximate surface area is 233 Å². The van der Waals surface area contributed by atoms with Crippen molar-refractivity contribution in [1.29, 1.82) is 0 Å². The molecule has 1 aliphatic rings. The van der Waals surface area contributed by atoms with Gasteiger partial charge in [-0.15, -0.1) is 0 Å². The van der Waals surface area contributed by atoms with Crippen LogP contribution in [-0.4, -0.2) is 24.5 Å². The van der Waals surface area contributed by atoms with E-state index in [1.165, 1.54) is 19.1 Å². The number of ether oxygens (including phenoxy) is 3. The number of aryl methyl sites for hydroxylation is 1. The van der Waals surface area contributed by atoms with Crippen molar-refractivity contribution in [1.82, 2.24) is 0 Å². The summed E-state index contributed by atoms with van der Waals surface area (Å²) in [5.74, 6) is -2.18. The van der Waals surface area contributed by atoms with E-state index < -0.39 is 29.6 Å². The molecule has 3 aromatic carbocycles. The van der Waals surface area contributed by atoms with Gasteiger partial charge in [0, 0.05) is 23.1 Å². The number of hydrogen-bond donors (Lipinski definition) is 0. The second kappa shape index (κ2) is 12.1. The molecule has 0 aromatic heterocycles. The van der Waals surface area contributed by atoms with E-state index in [9.17, 15) is 14.4 Å². The lowest BCUT2D eigenvalue weighted by molar-refractivity contribution is -0.139. The Bertz CT molecular complexity index is 1500. The van der Waals surface area contributed by atoms with Crippen LogP contribution in [0, 0.1) is 11.7 Å². The Hall–Kier alpha value is -4.52. The number of esters is 3. The van der Waals surface area contributed by atoms with Crippen LogP contribution in [0.1, 0.15) is 44.2 Å². The fraction of sp³-hybridized carbons (Fsp3) is 0.242. The van der Waals surface area contributed by atoms with E-state index in [1.54, 1.807) is 38.1 Å². The fourth-order valence-corrected chi connectivity index (χ4v) is 4.48. The van der Waals surface area contributed by atoms with Gasteiger partial charge in [-0.05, 0) is 65.8 Å². The van der Waals surface area contributed by atoms with Gasteiger partial charge in [0.15, 0.2) is 11.5 Å². The number of carbonyl (C=O) groups is 3. The highest BCUT2D eigenvalue weighted by Crippen LogP contribution is 2.38. The Morgan fingerprint density at radius 1 is 0.975 bits per heavy atom. The second-order valence-corrected chi connectivity index (χ2v) is 10.1. The Morgan fingerprint density at radius 2 is 1.68 bits per heavy atom. The van der Waals surface area contributed by atoms with E-state index in [1.807, 2.05) is 18.2 Å². The molecule has 206 valence electrons. The van der Waals surface area contributed by atoms with Crippen LogP contribution < -0.4 is 9.47 Å². The summed E-state index contributed by atoms with van der Waals surface area (Å²) in [5, 5.41) is 0. The molecular formula is C33H31FO6. The number of halogens is 1. The maximum atomic E-state index is 15.4. The van der Waals surface area contributed by atoms with Crippen LogP contribution in [-0.2, 0) is 25.5 Å². The van der Waals surface area contributed by atoms with Crippen LogP contribution in [0.2, 0.25) is 0 Å². The van der Waals surface area contributed by atoms with Crippen molar-refractivity contribution in [3.05, 3.63) is 96.3 Å². The monoisotopic (exact) mass is 542 g/mol. The summed E-state index contributed by atoms with van der Waals surface area (Å²) in [7, 11) is 0. The molecule has 1 unspecified atom stereocenters. The number of hydrogen-bond acceptors (Lipinski definition) is 6. The third-order valence-electron chi connectivity index (χ3n) is 6.73. The molecule has 40 heavy (non-hydrogen) atoms. The van der Waals surface area contributed by atoms with Crippen molar-refractivity contribution in [2.75, 3.05) is 6.61 Å². The van der Waals surface area contributed by atoms with Crippen LogP contribution in [0.3, 0.4) is 0 Å². The Balaban J connectivity index is 1.60. The molecule has 0 saturated carbocycles. The van der Waals surface area contributed by atoms with Gasteiger partial charge in [0.25, 0.3) is 0 Å². The summed E-state index contributed by atoms with van der Waals surface area (Å²) >= 11 is 0. The maximum Gasteiger partial charge on any atom is 0.338 e. The van der Waals surface area contributed by atoms with E-state index >= 15 is 4.39 Å². The van der Waals surface area contributed by atoms with Crippen LogP contribution in [0.5, 0.6) is 11.5 Å². The van der Waals surface area contributed by atoms with Gasteiger partial charge in [-0.1, -0.05) is 63.4 Å². The first-order valence-electron chi connectivity index (χ1n) is 13.0. The van der Waals surface area contributed by atoms with Gasteiger partial charge >= 0.3 is 17.9 Å². The molecule has 0 heterocycles. The molecule has 1 atom stereocenters. The van der Waals surface area contributed by atoms with Crippen LogP contribution in [0.4, 0.5) is 4.39 Å². The van der Waals surface area contributed by atoms with Gasteiger partial charge in [0.2, 0.25) is 0 Å². The average molecular weight is 543 g/mol. The Morgan fingerprint density at radius 3 is 2.35 bits per heavy atom. The predicted molar refractivity (Wildman–Crippen MR) is 150 cm³/mol. The number of carbonyl (C=O) groups excluding carboxylic acids is 3. The predicted octanol–water partition coefficient (Wildman–Crippen LogP) is 6.96. The minimum Gasteiger partial charge on any atom is -0.462 e. The Kier molecular flexibility index (Phi) is 8.63. The number of fused-ring (bicyclic) bond motifs is 1. The van der Waals surface area contributed by atoms with Crippen LogP contribution in [0.25, 0.3) is 22.3 Å². The topological polar surface area (TPSA) is 78.9 Å². The van der Waals surface area contributed by atoms with Crippen molar-refractivity contribution < 1.29 is 33.0 Å². The summed E-state index contributed by atoms with van der Waals surface area (Å²) in [4.78, 5) is 35.8. The van der Waals surface area contributed by atoms with Crippen LogP contribution in [0.15, 0.2) is 79.4 Å². The van der Waals surface area contributed by atoms with Crippen molar-refractivity contribution in [3.8, 4) is 33.8 Å². The van der Waals surface area contributed by atoms with Crippen molar-refractivity contribution >= 4 is 17.9 Å². The summed E-state index contributed by atoms with van der Waals surface area (Å²) in [6.45, 7) is 12.2. The van der Waals surface area contributed by atoms with Gasteiger partial charge in [-0.2, -0.15) is 0 Å². The highest BCUT2D eigenvalue weighted by Gasteiger charge is 2.24. The standard InChI is InChI=1S/C33H31FO6/c1-6-31(35)38-18-25-8-7-23-15-24(10-12-26(23)25)27-13-9-21(16-28(27)34)22-11-14-29(39-32(36)19(2)3)30(17-22)40-33(37)20(4)5/h6,9-17,20,25H,1-2,7-8,18H2,3-5H3. The molecule has 0 amide bonds. The van der Waals surface area contributed by atoms with Gasteiger partial charge in [-0.25, -0.2) is 14.0 Å². The summed E-state index contributed by atoms with van der Waals surface area (Å²) in [5.41, 5.74) is 4.75. The molecule has 1 aliphatic carbocycles. The largest absolute Gasteiger partial charge is 0.462 e. The first kappa shape index (κ1) is 28.5. The first-order valence-corrected chi connectivity index (χ1v) is 13.0. The van der Waals surface area contributed by atoms with E-state index in [2.05, 4.69) is 13.2 Å². The molecule has 6 nitrogen and oxygen atoms in total. The molecule has 0 radical (unpaired) electrons. The molecule has 0 bridgehead atoms. The van der Waals surface area contributed by atoms with Gasteiger partial charge in [0.05, 0.1) is 12.5 Å². The molecule has 0 fully saturated rings. The normalized spacial score (nSPS) is 13.9. The fourth-order valence-electron chi connectivity index (χ4n) is 4.48.